The molecule has 0 N–H and O–H groups in total. The van der Waals surface area contributed by atoms with E-state index in [1.807, 2.05) is 3.28 Å². The van der Waals surface area contributed by atoms with E-state index in [1.54, 1.807) is 16.7 Å². The molecule has 0 aliphatic heterocycles. The molecule has 0 fully saturated rings. The summed E-state index contributed by atoms with van der Waals surface area (Å²) in [6, 6.07) is 29.5. The van der Waals surface area contributed by atoms with Gasteiger partial charge in [0.05, 0.1) is 0 Å². The van der Waals surface area contributed by atoms with Crippen LogP contribution in [0.25, 0.3) is 27.1 Å². The maximum atomic E-state index is 2.71. The third-order valence-electron chi connectivity index (χ3n) is 9.48. The van der Waals surface area contributed by atoms with Crippen molar-refractivity contribution in [3.05, 3.63) is 122 Å². The van der Waals surface area contributed by atoms with Crippen LogP contribution < -0.4 is 0 Å². The van der Waals surface area contributed by atoms with Gasteiger partial charge in [0.1, 0.15) is 0 Å². The van der Waals surface area contributed by atoms with Gasteiger partial charge in [0.25, 0.3) is 0 Å². The summed E-state index contributed by atoms with van der Waals surface area (Å²) in [6.45, 7) is 12.0. The first-order valence-electron chi connectivity index (χ1n) is 13.3. The van der Waals surface area contributed by atoms with Gasteiger partial charge in [-0.25, -0.2) is 0 Å². The van der Waals surface area contributed by atoms with Crippen molar-refractivity contribution in [1.82, 2.24) is 0 Å². The zero-order chi connectivity index (χ0) is 25.4. The quantitative estimate of drug-likeness (QED) is 0.172. The van der Waals surface area contributed by atoms with Crippen molar-refractivity contribution in [2.45, 2.75) is 40.6 Å². The minimum absolute atomic E-state index is 0.500. The van der Waals surface area contributed by atoms with Crippen LogP contribution in [0, 0.1) is 5.92 Å². The number of fused-ring (bicyclic) bond motifs is 3. The van der Waals surface area contributed by atoms with Crippen LogP contribution in [0.15, 0.2) is 105 Å². The topological polar surface area (TPSA) is 0 Å². The SMILES string of the molecule is CC1=C(C)C(C)[C]([Zr]([CH3])([CH3])(=[SiH2])[CH]2C=C(c3c4ccccc4cc4ccccc34)c3ccccc32)=C1C. The Labute approximate surface area is 218 Å². The van der Waals surface area contributed by atoms with Crippen LogP contribution in [0.4, 0.5) is 0 Å². The van der Waals surface area contributed by atoms with Gasteiger partial charge in [0.2, 0.25) is 0 Å². The standard InChI is InChI=1S/C23H15.C9H13.2CH3.H2Si.Zr/c1-4-10-19-16(7-1)13-14-22(19)23-20-11-5-2-8-17(20)15-18-9-3-6-12-21(18)23;1-6-5-7(2)9(4)8(6)3;;;;/h1-15H;6H,1-4H3;2*1H3;1H2;. The molecule has 2 aliphatic carbocycles. The maximum absolute atomic E-state index is 3.46. The fraction of sp³-hybridized carbons (Fsp3) is 0.235. The van der Waals surface area contributed by atoms with Gasteiger partial charge < -0.3 is 0 Å². The molecule has 2 heteroatoms. The predicted molar refractivity (Wildman–Crippen MR) is 158 cm³/mol. The second-order valence-corrected chi connectivity index (χ2v) is 41.8. The Morgan fingerprint density at radius 2 is 1.28 bits per heavy atom. The fourth-order valence-corrected chi connectivity index (χ4v) is 26.0. The summed E-state index contributed by atoms with van der Waals surface area (Å²) in [5.41, 5.74) is 10.5. The van der Waals surface area contributed by atoms with Crippen molar-refractivity contribution >= 4 is 34.0 Å². The van der Waals surface area contributed by atoms with Crippen LogP contribution in [-0.4, -0.2) is 6.88 Å². The third-order valence-corrected chi connectivity index (χ3v) is 26.8. The van der Waals surface area contributed by atoms with Crippen LogP contribution in [-0.2, 0) is 17.4 Å². The first-order valence-corrected chi connectivity index (χ1v) is 26.8. The molecule has 0 aromatic heterocycles. The molecule has 4 aromatic rings. The Morgan fingerprint density at radius 3 is 1.86 bits per heavy atom. The van der Waals surface area contributed by atoms with E-state index in [0.29, 0.717) is 9.54 Å². The summed E-state index contributed by atoms with van der Waals surface area (Å²) in [4.78, 5) is 0. The number of rotatable bonds is 3. The van der Waals surface area contributed by atoms with Crippen molar-refractivity contribution in [3.8, 4) is 0 Å². The van der Waals surface area contributed by atoms with E-state index >= 15 is 0 Å². The van der Waals surface area contributed by atoms with Crippen molar-refractivity contribution in [2.75, 3.05) is 0 Å². The third kappa shape index (κ3) is 3.34. The number of hydrogen-bond acceptors (Lipinski definition) is 0. The number of hydrogen-bond donors (Lipinski definition) is 0. The van der Waals surface area contributed by atoms with Gasteiger partial charge in [-0.15, -0.1) is 0 Å². The first-order chi connectivity index (χ1) is 17.1. The molecule has 0 saturated carbocycles. The van der Waals surface area contributed by atoms with E-state index in [0.717, 1.165) is 0 Å². The normalized spacial score (nSPS) is 20.5. The molecule has 180 valence electrons. The summed E-state index contributed by atoms with van der Waals surface area (Å²) in [5, 5.41) is 5.36. The van der Waals surface area contributed by atoms with Crippen LogP contribution in [0.5, 0.6) is 0 Å². The van der Waals surface area contributed by atoms with Crippen LogP contribution in [0.2, 0.25) is 9.26 Å². The van der Waals surface area contributed by atoms with Crippen molar-refractivity contribution < 1.29 is 17.4 Å². The monoisotopic (exact) mass is 562 g/mol. The summed E-state index contributed by atoms with van der Waals surface area (Å²) < 4.78 is 7.73. The van der Waals surface area contributed by atoms with E-state index < -0.39 is 17.4 Å². The molecular weight excluding hydrogens is 528 g/mol. The zero-order valence-corrected chi connectivity index (χ0v) is 26.3. The van der Waals surface area contributed by atoms with Gasteiger partial charge in [-0.05, 0) is 0 Å². The molecule has 0 nitrogen and oxygen atoms in total. The van der Waals surface area contributed by atoms with Gasteiger partial charge >= 0.3 is 220 Å². The van der Waals surface area contributed by atoms with E-state index in [4.69, 9.17) is 0 Å². The molecule has 36 heavy (non-hydrogen) atoms. The average molecular weight is 564 g/mol. The molecule has 0 spiro atoms. The van der Waals surface area contributed by atoms with Gasteiger partial charge in [-0.2, -0.15) is 0 Å². The molecule has 0 amide bonds. The molecule has 6 rings (SSSR count). The molecule has 2 aliphatic rings. The Bertz CT molecular complexity index is 1700. The van der Waals surface area contributed by atoms with E-state index in [9.17, 15) is 0 Å². The van der Waals surface area contributed by atoms with Gasteiger partial charge in [-0.3, -0.25) is 0 Å². The molecule has 2 atom stereocenters. The second-order valence-electron chi connectivity index (χ2n) is 12.2. The van der Waals surface area contributed by atoms with E-state index in [2.05, 4.69) is 129 Å². The van der Waals surface area contributed by atoms with Crippen LogP contribution >= 0.6 is 0 Å². The van der Waals surface area contributed by atoms with E-state index in [1.165, 1.54) is 43.8 Å². The molecule has 0 saturated heterocycles. The predicted octanol–water partition coefficient (Wildman–Crippen LogP) is 9.07. The van der Waals surface area contributed by atoms with Crippen molar-refractivity contribution in [1.29, 1.82) is 0 Å². The van der Waals surface area contributed by atoms with Crippen LogP contribution in [0.3, 0.4) is 0 Å². The molecule has 2 unspecified atom stereocenters. The van der Waals surface area contributed by atoms with Gasteiger partial charge in [0, 0.05) is 0 Å². The average Bonchev–Trinajstić information content (AvgIpc) is 3.35. The van der Waals surface area contributed by atoms with Crippen molar-refractivity contribution in [3.63, 3.8) is 0 Å². The Morgan fingerprint density at radius 1 is 0.722 bits per heavy atom. The summed E-state index contributed by atoms with van der Waals surface area (Å²) in [5.74, 6) is 0.561. The molecule has 0 bridgehead atoms. The Kier molecular flexibility index (Phi) is 5.42. The molecule has 4 aromatic carbocycles. The van der Waals surface area contributed by atoms with Gasteiger partial charge in [-0.1, -0.05) is 0 Å². The summed E-state index contributed by atoms with van der Waals surface area (Å²) in [7, 11) is 0. The molecular formula is C34H36SiZr. The van der Waals surface area contributed by atoms with E-state index in [-0.39, 0.29) is 0 Å². The summed E-state index contributed by atoms with van der Waals surface area (Å²) >= 11 is -3.46. The van der Waals surface area contributed by atoms with Crippen LogP contribution in [0.1, 0.15) is 48.0 Å². The second kappa shape index (κ2) is 8.11. The zero-order valence-electron chi connectivity index (χ0n) is 22.4. The molecule has 0 radical (unpaired) electrons. The molecule has 0 heterocycles. The first kappa shape index (κ1) is 24.1. The number of benzene rings is 4. The fourth-order valence-electron chi connectivity index (χ4n) is 7.51. The number of allylic oxidation sites excluding steroid dienone is 5. The summed E-state index contributed by atoms with van der Waals surface area (Å²) in [6.07, 6.45) is 2.70. The minimum atomic E-state index is -3.46. The van der Waals surface area contributed by atoms with Gasteiger partial charge in [0.15, 0.2) is 0 Å². The Hall–Kier alpha value is -2.28. The Balaban J connectivity index is 1.67. The van der Waals surface area contributed by atoms with Crippen molar-refractivity contribution in [2.24, 2.45) is 5.92 Å².